The Hall–Kier alpha value is -0.330. The normalized spacial score (nSPS) is 30.2. The van der Waals surface area contributed by atoms with E-state index in [1.54, 1.807) is 6.92 Å². The second kappa shape index (κ2) is 4.64. The van der Waals surface area contributed by atoms with Crippen molar-refractivity contribution in [3.63, 3.8) is 0 Å². The Kier molecular flexibility index (Phi) is 3.77. The monoisotopic (exact) mass is 168 g/mol. The van der Waals surface area contributed by atoms with E-state index in [-0.39, 0.29) is 0 Å². The summed E-state index contributed by atoms with van der Waals surface area (Å²) in [5.41, 5.74) is 0. The number of ketones is 1. The van der Waals surface area contributed by atoms with Gasteiger partial charge in [0.2, 0.25) is 0 Å². The van der Waals surface area contributed by atoms with Gasteiger partial charge in [-0.25, -0.2) is 0 Å². The van der Waals surface area contributed by atoms with E-state index in [1.807, 2.05) is 0 Å². The molecule has 1 saturated carbocycles. The van der Waals surface area contributed by atoms with Gasteiger partial charge in [-0.2, -0.15) is 0 Å². The topological polar surface area (TPSA) is 17.1 Å². The van der Waals surface area contributed by atoms with E-state index in [9.17, 15) is 4.79 Å². The van der Waals surface area contributed by atoms with Gasteiger partial charge >= 0.3 is 0 Å². The van der Waals surface area contributed by atoms with Gasteiger partial charge in [-0.05, 0) is 25.2 Å². The number of hydrogen-bond donors (Lipinski definition) is 0. The summed E-state index contributed by atoms with van der Waals surface area (Å²) in [5, 5.41) is 0. The van der Waals surface area contributed by atoms with Crippen LogP contribution in [0.4, 0.5) is 0 Å². The largest absolute Gasteiger partial charge is 0.300 e. The third kappa shape index (κ3) is 3.38. The van der Waals surface area contributed by atoms with Crippen LogP contribution in [0, 0.1) is 11.8 Å². The molecule has 0 aromatic carbocycles. The van der Waals surface area contributed by atoms with Gasteiger partial charge in [0.25, 0.3) is 0 Å². The minimum Gasteiger partial charge on any atom is -0.300 e. The highest BCUT2D eigenvalue weighted by atomic mass is 16.1. The van der Waals surface area contributed by atoms with Crippen LogP contribution in [0.1, 0.15) is 52.4 Å². The second-order valence-corrected chi connectivity index (χ2v) is 4.37. The first-order chi connectivity index (χ1) is 5.68. The van der Waals surface area contributed by atoms with Crippen LogP contribution >= 0.6 is 0 Å². The van der Waals surface area contributed by atoms with Crippen molar-refractivity contribution in [3.05, 3.63) is 0 Å². The molecular formula is C11H20O. The highest BCUT2D eigenvalue weighted by Crippen LogP contribution is 2.30. The molecule has 0 atom stereocenters. The van der Waals surface area contributed by atoms with Crippen molar-refractivity contribution in [3.8, 4) is 0 Å². The Labute approximate surface area is 75.5 Å². The van der Waals surface area contributed by atoms with Crippen LogP contribution in [-0.4, -0.2) is 5.78 Å². The molecule has 0 N–H and O–H groups in total. The number of carbonyl (C=O) groups excluding carboxylic acids is 1. The molecule has 0 spiro atoms. The Bertz CT molecular complexity index is 143. The fraction of sp³-hybridized carbons (Fsp3) is 0.909. The minimum atomic E-state index is 0.355. The zero-order valence-electron chi connectivity index (χ0n) is 8.31. The lowest BCUT2D eigenvalue weighted by atomic mass is 9.81. The Morgan fingerprint density at radius 3 is 2.33 bits per heavy atom. The smallest absolute Gasteiger partial charge is 0.129 e. The summed E-state index contributed by atoms with van der Waals surface area (Å²) in [6.07, 6.45) is 7.41. The molecule has 0 aliphatic heterocycles. The van der Waals surface area contributed by atoms with Crippen molar-refractivity contribution in [1.29, 1.82) is 0 Å². The van der Waals surface area contributed by atoms with Crippen LogP contribution in [0.2, 0.25) is 0 Å². The number of carbonyl (C=O) groups is 1. The average molecular weight is 168 g/mol. The van der Waals surface area contributed by atoms with E-state index in [1.165, 1.54) is 25.7 Å². The van der Waals surface area contributed by atoms with E-state index >= 15 is 0 Å². The molecule has 1 aliphatic rings. The van der Waals surface area contributed by atoms with Gasteiger partial charge < -0.3 is 4.79 Å². The molecule has 1 nitrogen and oxygen atoms in total. The SMILES string of the molecule is CC(=O)CCC1CCC(C)CC1. The quantitative estimate of drug-likeness (QED) is 0.632. The predicted molar refractivity (Wildman–Crippen MR) is 51.0 cm³/mol. The highest BCUT2D eigenvalue weighted by molar-refractivity contribution is 5.75. The zero-order chi connectivity index (χ0) is 8.97. The first kappa shape index (κ1) is 9.76. The molecule has 0 aromatic heterocycles. The summed E-state index contributed by atoms with van der Waals surface area (Å²) in [6.45, 7) is 4.03. The molecule has 0 aromatic rings. The van der Waals surface area contributed by atoms with Crippen LogP contribution < -0.4 is 0 Å². The molecule has 0 unspecified atom stereocenters. The summed E-state index contributed by atoms with van der Waals surface area (Å²) in [4.78, 5) is 10.8. The van der Waals surface area contributed by atoms with Gasteiger partial charge in [-0.1, -0.05) is 32.6 Å². The summed E-state index contributed by atoms with van der Waals surface area (Å²) < 4.78 is 0. The number of rotatable bonds is 3. The second-order valence-electron chi connectivity index (χ2n) is 4.37. The van der Waals surface area contributed by atoms with Gasteiger partial charge in [0.1, 0.15) is 5.78 Å². The fourth-order valence-electron chi connectivity index (χ4n) is 2.03. The number of Topliss-reactive ketones (excluding diaryl/α,β-unsaturated/α-hetero) is 1. The summed E-state index contributed by atoms with van der Waals surface area (Å²) >= 11 is 0. The standard InChI is InChI=1S/C11H20O/c1-9-3-6-11(7-4-9)8-5-10(2)12/h9,11H,3-8H2,1-2H3. The molecule has 0 radical (unpaired) electrons. The van der Waals surface area contributed by atoms with E-state index in [4.69, 9.17) is 0 Å². The van der Waals surface area contributed by atoms with Crippen molar-refractivity contribution in [1.82, 2.24) is 0 Å². The highest BCUT2D eigenvalue weighted by Gasteiger charge is 2.17. The zero-order valence-corrected chi connectivity index (χ0v) is 8.31. The van der Waals surface area contributed by atoms with Crippen LogP contribution in [-0.2, 0) is 4.79 Å². The third-order valence-electron chi connectivity index (χ3n) is 3.04. The van der Waals surface area contributed by atoms with Crippen molar-refractivity contribution in [2.75, 3.05) is 0 Å². The van der Waals surface area contributed by atoms with Gasteiger partial charge in [-0.3, -0.25) is 0 Å². The van der Waals surface area contributed by atoms with Crippen LogP contribution in [0.15, 0.2) is 0 Å². The molecule has 1 aliphatic carbocycles. The predicted octanol–water partition coefficient (Wildman–Crippen LogP) is 3.18. The molecule has 0 heterocycles. The summed E-state index contributed by atoms with van der Waals surface area (Å²) in [6, 6.07) is 0. The van der Waals surface area contributed by atoms with Gasteiger partial charge in [0.05, 0.1) is 0 Å². The van der Waals surface area contributed by atoms with E-state index < -0.39 is 0 Å². The number of hydrogen-bond acceptors (Lipinski definition) is 1. The van der Waals surface area contributed by atoms with Gasteiger partial charge in [-0.15, -0.1) is 0 Å². The first-order valence-electron chi connectivity index (χ1n) is 5.18. The Balaban J connectivity index is 2.13. The van der Waals surface area contributed by atoms with Crippen LogP contribution in [0.25, 0.3) is 0 Å². The average Bonchev–Trinajstić information content (AvgIpc) is 2.03. The van der Waals surface area contributed by atoms with Crippen LogP contribution in [0.3, 0.4) is 0 Å². The lowest BCUT2D eigenvalue weighted by Crippen LogP contribution is -2.12. The van der Waals surface area contributed by atoms with Gasteiger partial charge in [0.15, 0.2) is 0 Å². The van der Waals surface area contributed by atoms with Gasteiger partial charge in [0, 0.05) is 6.42 Å². The molecular weight excluding hydrogens is 148 g/mol. The maximum Gasteiger partial charge on any atom is 0.129 e. The van der Waals surface area contributed by atoms with Crippen LogP contribution in [0.5, 0.6) is 0 Å². The van der Waals surface area contributed by atoms with E-state index in [0.29, 0.717) is 5.78 Å². The molecule has 1 fully saturated rings. The lowest BCUT2D eigenvalue weighted by molar-refractivity contribution is -0.117. The maximum absolute atomic E-state index is 10.8. The Morgan fingerprint density at radius 1 is 1.25 bits per heavy atom. The molecule has 1 heteroatoms. The summed E-state index contributed by atoms with van der Waals surface area (Å²) in [5.74, 6) is 2.14. The van der Waals surface area contributed by atoms with Crippen molar-refractivity contribution >= 4 is 5.78 Å². The molecule has 1 rings (SSSR count). The first-order valence-corrected chi connectivity index (χ1v) is 5.18. The molecule has 12 heavy (non-hydrogen) atoms. The van der Waals surface area contributed by atoms with Crippen molar-refractivity contribution < 1.29 is 4.79 Å². The summed E-state index contributed by atoms with van der Waals surface area (Å²) in [7, 11) is 0. The molecule has 0 bridgehead atoms. The molecule has 0 saturated heterocycles. The molecule has 0 amide bonds. The minimum absolute atomic E-state index is 0.355. The maximum atomic E-state index is 10.8. The third-order valence-corrected chi connectivity index (χ3v) is 3.04. The van der Waals surface area contributed by atoms with E-state index in [0.717, 1.165) is 24.7 Å². The van der Waals surface area contributed by atoms with Crippen molar-refractivity contribution in [2.24, 2.45) is 11.8 Å². The van der Waals surface area contributed by atoms with E-state index in [2.05, 4.69) is 6.92 Å². The lowest BCUT2D eigenvalue weighted by Gasteiger charge is -2.25. The fourth-order valence-corrected chi connectivity index (χ4v) is 2.03. The van der Waals surface area contributed by atoms with Crippen molar-refractivity contribution in [2.45, 2.75) is 52.4 Å². The molecule has 70 valence electrons. The Morgan fingerprint density at radius 2 is 1.83 bits per heavy atom.